The van der Waals surface area contributed by atoms with Gasteiger partial charge in [0.25, 0.3) is 0 Å². The Hall–Kier alpha value is -0.650. The van der Waals surface area contributed by atoms with Crippen LogP contribution >= 0.6 is 23.7 Å². The highest BCUT2D eigenvalue weighted by Gasteiger charge is 2.15. The highest BCUT2D eigenvalue weighted by atomic mass is 35.5. The van der Waals surface area contributed by atoms with Crippen LogP contribution in [0, 0.1) is 12.8 Å². The Balaban J connectivity index is 0.00000225. The van der Waals surface area contributed by atoms with Crippen LogP contribution in [0.5, 0.6) is 0 Å². The predicted octanol–water partition coefficient (Wildman–Crippen LogP) is 2.19. The van der Waals surface area contributed by atoms with Gasteiger partial charge in [0, 0.05) is 11.1 Å². The Morgan fingerprint density at radius 1 is 1.62 bits per heavy atom. The number of hydrogen-bond donors (Lipinski definition) is 2. The quantitative estimate of drug-likeness (QED) is 0.875. The van der Waals surface area contributed by atoms with E-state index >= 15 is 0 Å². The van der Waals surface area contributed by atoms with E-state index in [0.29, 0.717) is 17.5 Å². The van der Waals surface area contributed by atoms with Crippen LogP contribution in [-0.2, 0) is 4.79 Å². The Kier molecular flexibility index (Phi) is 6.55. The van der Waals surface area contributed by atoms with Crippen molar-refractivity contribution in [3.8, 4) is 0 Å². The molecule has 0 unspecified atom stereocenters. The highest BCUT2D eigenvalue weighted by molar-refractivity contribution is 7.15. The molecule has 4 nitrogen and oxygen atoms in total. The van der Waals surface area contributed by atoms with E-state index in [2.05, 4.69) is 10.3 Å². The van der Waals surface area contributed by atoms with Crippen LogP contribution < -0.4 is 11.1 Å². The number of amides is 1. The number of carbonyl (C=O) groups is 1. The lowest BCUT2D eigenvalue weighted by Crippen LogP contribution is -2.36. The molecule has 0 bridgehead atoms. The van der Waals surface area contributed by atoms with Gasteiger partial charge in [0.15, 0.2) is 5.13 Å². The van der Waals surface area contributed by atoms with Crippen molar-refractivity contribution in [1.82, 2.24) is 4.98 Å². The van der Waals surface area contributed by atoms with E-state index in [4.69, 9.17) is 5.73 Å². The molecule has 1 atom stereocenters. The average molecular weight is 264 g/mol. The summed E-state index contributed by atoms with van der Waals surface area (Å²) in [6, 6.07) is -0.450. The summed E-state index contributed by atoms with van der Waals surface area (Å²) in [5, 5.41) is 3.33. The summed E-state index contributed by atoms with van der Waals surface area (Å²) in [5.41, 5.74) is 5.74. The van der Waals surface area contributed by atoms with Gasteiger partial charge in [0.1, 0.15) is 0 Å². The maximum absolute atomic E-state index is 11.6. The number of halogens is 1. The third-order valence-electron chi connectivity index (χ3n) is 1.91. The number of thiazole rings is 1. The maximum Gasteiger partial charge on any atom is 0.243 e. The Bertz CT molecular complexity index is 341. The van der Waals surface area contributed by atoms with Gasteiger partial charge in [-0.25, -0.2) is 4.98 Å². The first-order valence-electron chi connectivity index (χ1n) is 4.98. The molecule has 0 saturated heterocycles. The SMILES string of the molecule is Cc1cnc(NC(=O)[C@@H](N)CC(C)C)s1.Cl. The van der Waals surface area contributed by atoms with E-state index < -0.39 is 6.04 Å². The molecule has 6 heteroatoms. The molecule has 0 radical (unpaired) electrons. The Morgan fingerprint density at radius 3 is 2.69 bits per heavy atom. The van der Waals surface area contributed by atoms with Crippen LogP contribution in [0.15, 0.2) is 6.20 Å². The molecule has 0 fully saturated rings. The first-order chi connectivity index (χ1) is 6.99. The van der Waals surface area contributed by atoms with E-state index in [1.807, 2.05) is 20.8 Å². The van der Waals surface area contributed by atoms with Gasteiger partial charge in [-0.1, -0.05) is 13.8 Å². The van der Waals surface area contributed by atoms with Gasteiger partial charge in [-0.15, -0.1) is 23.7 Å². The van der Waals surface area contributed by atoms with Gasteiger partial charge >= 0.3 is 0 Å². The fourth-order valence-corrected chi connectivity index (χ4v) is 1.89. The minimum absolute atomic E-state index is 0. The molecule has 0 aromatic carbocycles. The number of nitrogens with zero attached hydrogens (tertiary/aromatic N) is 1. The zero-order valence-corrected chi connectivity index (χ0v) is 11.3. The van der Waals surface area contributed by atoms with Crippen LogP contribution in [0.25, 0.3) is 0 Å². The van der Waals surface area contributed by atoms with Crippen molar-refractivity contribution in [2.24, 2.45) is 11.7 Å². The van der Waals surface area contributed by atoms with E-state index in [9.17, 15) is 4.79 Å². The Labute approximate surface area is 106 Å². The molecule has 0 aliphatic heterocycles. The van der Waals surface area contributed by atoms with Crippen molar-refractivity contribution in [2.75, 3.05) is 5.32 Å². The average Bonchev–Trinajstić information content (AvgIpc) is 2.50. The molecule has 0 spiro atoms. The van der Waals surface area contributed by atoms with Crippen molar-refractivity contribution >= 4 is 34.8 Å². The summed E-state index contributed by atoms with van der Waals surface area (Å²) in [4.78, 5) is 16.7. The molecule has 1 amide bonds. The van der Waals surface area contributed by atoms with Gasteiger partial charge in [-0.2, -0.15) is 0 Å². The molecule has 1 heterocycles. The van der Waals surface area contributed by atoms with Crippen LogP contribution in [-0.4, -0.2) is 16.9 Å². The second kappa shape index (κ2) is 6.83. The van der Waals surface area contributed by atoms with Crippen LogP contribution in [0.3, 0.4) is 0 Å². The summed E-state index contributed by atoms with van der Waals surface area (Å²) in [6.07, 6.45) is 2.42. The summed E-state index contributed by atoms with van der Waals surface area (Å²) in [5.74, 6) is 0.266. The predicted molar refractivity (Wildman–Crippen MR) is 70.2 cm³/mol. The summed E-state index contributed by atoms with van der Waals surface area (Å²) in [6.45, 7) is 6.03. The number of carbonyl (C=O) groups excluding carboxylic acids is 1. The fraction of sp³-hybridized carbons (Fsp3) is 0.600. The van der Waals surface area contributed by atoms with Crippen molar-refractivity contribution in [2.45, 2.75) is 33.2 Å². The molecular formula is C10H18ClN3OS. The number of rotatable bonds is 4. The molecule has 92 valence electrons. The largest absolute Gasteiger partial charge is 0.320 e. The lowest BCUT2D eigenvalue weighted by molar-refractivity contribution is -0.117. The minimum Gasteiger partial charge on any atom is -0.320 e. The number of hydrogen-bond acceptors (Lipinski definition) is 4. The summed E-state index contributed by atoms with van der Waals surface area (Å²) < 4.78 is 0. The third kappa shape index (κ3) is 4.92. The molecule has 0 aliphatic carbocycles. The van der Waals surface area contributed by atoms with Crippen LogP contribution in [0.4, 0.5) is 5.13 Å². The molecule has 16 heavy (non-hydrogen) atoms. The molecular weight excluding hydrogens is 246 g/mol. The summed E-state index contributed by atoms with van der Waals surface area (Å²) in [7, 11) is 0. The highest BCUT2D eigenvalue weighted by Crippen LogP contribution is 2.16. The zero-order valence-electron chi connectivity index (χ0n) is 9.69. The first kappa shape index (κ1) is 15.3. The normalized spacial score (nSPS) is 12.1. The van der Waals surface area contributed by atoms with Crippen molar-refractivity contribution < 1.29 is 4.79 Å². The summed E-state index contributed by atoms with van der Waals surface area (Å²) >= 11 is 1.45. The zero-order chi connectivity index (χ0) is 11.4. The van der Waals surface area contributed by atoms with Gasteiger partial charge < -0.3 is 11.1 Å². The van der Waals surface area contributed by atoms with E-state index in [1.54, 1.807) is 6.20 Å². The topological polar surface area (TPSA) is 68.0 Å². The molecule has 1 aromatic rings. The molecule has 1 rings (SSSR count). The number of nitrogens with one attached hydrogen (secondary N) is 1. The second-order valence-corrected chi connectivity index (χ2v) is 5.24. The Morgan fingerprint density at radius 2 is 2.25 bits per heavy atom. The number of nitrogens with two attached hydrogens (primary N) is 1. The van der Waals surface area contributed by atoms with Crippen molar-refractivity contribution in [1.29, 1.82) is 0 Å². The lowest BCUT2D eigenvalue weighted by atomic mass is 10.0. The second-order valence-electron chi connectivity index (χ2n) is 4.00. The van der Waals surface area contributed by atoms with Gasteiger partial charge in [0.05, 0.1) is 6.04 Å². The monoisotopic (exact) mass is 263 g/mol. The molecule has 0 saturated carbocycles. The number of anilines is 1. The standard InChI is InChI=1S/C10H17N3OS.ClH/c1-6(2)4-8(11)9(14)13-10-12-5-7(3)15-10;/h5-6,8H,4,11H2,1-3H3,(H,12,13,14);1H/t8-;/m0./s1. The van der Waals surface area contributed by atoms with Crippen LogP contribution in [0.2, 0.25) is 0 Å². The first-order valence-corrected chi connectivity index (χ1v) is 5.79. The number of aromatic nitrogens is 1. The van der Waals surface area contributed by atoms with E-state index in [0.717, 1.165) is 4.88 Å². The van der Waals surface area contributed by atoms with Gasteiger partial charge in [-0.05, 0) is 19.3 Å². The lowest BCUT2D eigenvalue weighted by Gasteiger charge is -2.12. The minimum atomic E-state index is -0.450. The van der Waals surface area contributed by atoms with Crippen molar-refractivity contribution in [3.63, 3.8) is 0 Å². The van der Waals surface area contributed by atoms with E-state index in [1.165, 1.54) is 11.3 Å². The van der Waals surface area contributed by atoms with Crippen LogP contribution in [0.1, 0.15) is 25.1 Å². The molecule has 1 aromatic heterocycles. The van der Waals surface area contributed by atoms with Gasteiger partial charge in [0.2, 0.25) is 5.91 Å². The maximum atomic E-state index is 11.6. The smallest absolute Gasteiger partial charge is 0.243 e. The molecule has 3 N–H and O–H groups in total. The fourth-order valence-electron chi connectivity index (χ4n) is 1.23. The van der Waals surface area contributed by atoms with Crippen molar-refractivity contribution in [3.05, 3.63) is 11.1 Å². The van der Waals surface area contributed by atoms with Gasteiger partial charge in [-0.3, -0.25) is 4.79 Å². The third-order valence-corrected chi connectivity index (χ3v) is 2.74. The number of aryl methyl sites for hydroxylation is 1. The molecule has 0 aliphatic rings. The van der Waals surface area contributed by atoms with E-state index in [-0.39, 0.29) is 18.3 Å².